The van der Waals surface area contributed by atoms with E-state index in [1.54, 1.807) is 0 Å². The Bertz CT molecular complexity index is 500. The maximum Gasteiger partial charge on any atom is 0.239 e. The molecule has 1 heterocycles. The number of likely N-dealkylation sites (tertiary alicyclic amines) is 1. The maximum atomic E-state index is 12.8. The molecule has 0 aliphatic carbocycles. The quantitative estimate of drug-likeness (QED) is 0.896. The molecule has 1 aliphatic heterocycles. The molecule has 0 aromatic heterocycles. The molecule has 3 nitrogen and oxygen atoms in total. The van der Waals surface area contributed by atoms with Crippen LogP contribution in [0.3, 0.4) is 0 Å². The fraction of sp³-hybridized carbons (Fsp3) is 0.632. The van der Waals surface area contributed by atoms with Crippen LogP contribution in [0.5, 0.6) is 0 Å². The molecule has 1 N–H and O–H groups in total. The number of rotatable bonds is 5. The van der Waals surface area contributed by atoms with Crippen molar-refractivity contribution in [1.29, 1.82) is 0 Å². The molecule has 22 heavy (non-hydrogen) atoms. The molecule has 1 fully saturated rings. The summed E-state index contributed by atoms with van der Waals surface area (Å²) < 4.78 is 0. The van der Waals surface area contributed by atoms with Gasteiger partial charge in [0.05, 0.1) is 6.04 Å². The Morgan fingerprint density at radius 1 is 1.32 bits per heavy atom. The zero-order chi connectivity index (χ0) is 16.1. The first kappa shape index (κ1) is 17.0. The molecule has 3 heteroatoms. The van der Waals surface area contributed by atoms with Gasteiger partial charge in [0.25, 0.3) is 0 Å². The van der Waals surface area contributed by atoms with E-state index in [0.717, 1.165) is 25.8 Å². The number of carbonyl (C=O) groups is 1. The van der Waals surface area contributed by atoms with Gasteiger partial charge in [-0.1, -0.05) is 31.2 Å². The van der Waals surface area contributed by atoms with Crippen LogP contribution in [0.2, 0.25) is 0 Å². The molecule has 2 rings (SSSR count). The molecule has 1 amide bonds. The van der Waals surface area contributed by atoms with Crippen LogP contribution in [0.4, 0.5) is 0 Å². The van der Waals surface area contributed by atoms with E-state index in [2.05, 4.69) is 55.3 Å². The van der Waals surface area contributed by atoms with Crippen LogP contribution in [0, 0.1) is 6.92 Å². The number of hydrogen-bond donors (Lipinski definition) is 1. The first-order valence-electron chi connectivity index (χ1n) is 8.66. The first-order valence-corrected chi connectivity index (χ1v) is 8.66. The molecule has 0 saturated carbocycles. The molecule has 122 valence electrons. The summed E-state index contributed by atoms with van der Waals surface area (Å²) in [6, 6.07) is 8.85. The Labute approximate surface area is 135 Å². The highest BCUT2D eigenvalue weighted by Gasteiger charge is 2.29. The second kappa shape index (κ2) is 7.77. The lowest BCUT2D eigenvalue weighted by Gasteiger charge is -2.37. The van der Waals surface area contributed by atoms with Crippen molar-refractivity contribution in [2.45, 2.75) is 71.5 Å². The van der Waals surface area contributed by atoms with E-state index in [9.17, 15) is 4.79 Å². The van der Waals surface area contributed by atoms with Gasteiger partial charge < -0.3 is 4.90 Å². The largest absolute Gasteiger partial charge is 0.338 e. The smallest absolute Gasteiger partial charge is 0.239 e. The monoisotopic (exact) mass is 302 g/mol. The van der Waals surface area contributed by atoms with Crippen LogP contribution in [0.15, 0.2) is 24.3 Å². The number of nitrogens with one attached hydrogen (secondary N) is 1. The topological polar surface area (TPSA) is 32.3 Å². The Morgan fingerprint density at radius 3 is 2.73 bits per heavy atom. The minimum atomic E-state index is -0.137. The van der Waals surface area contributed by atoms with E-state index in [4.69, 9.17) is 0 Å². The fourth-order valence-corrected chi connectivity index (χ4v) is 3.57. The molecule has 3 unspecified atom stereocenters. The van der Waals surface area contributed by atoms with E-state index in [1.165, 1.54) is 17.5 Å². The molecule has 3 atom stereocenters. The van der Waals surface area contributed by atoms with Crippen LogP contribution in [0.1, 0.15) is 63.6 Å². The van der Waals surface area contributed by atoms with Gasteiger partial charge in [-0.05, 0) is 57.6 Å². The van der Waals surface area contributed by atoms with Gasteiger partial charge in [0, 0.05) is 18.6 Å². The van der Waals surface area contributed by atoms with Crippen molar-refractivity contribution in [3.63, 3.8) is 0 Å². The molecule has 1 aliphatic rings. The molecule has 0 bridgehead atoms. The number of amides is 1. The predicted molar refractivity (Wildman–Crippen MR) is 91.8 cm³/mol. The molecule has 1 aromatic carbocycles. The molecular formula is C19H30N2O. The summed E-state index contributed by atoms with van der Waals surface area (Å²) in [5.41, 5.74) is 2.54. The second-order valence-corrected chi connectivity index (χ2v) is 6.56. The number of hydrogen-bond acceptors (Lipinski definition) is 2. The van der Waals surface area contributed by atoms with Crippen LogP contribution in [-0.4, -0.2) is 29.4 Å². The van der Waals surface area contributed by atoms with Crippen molar-refractivity contribution in [2.75, 3.05) is 6.54 Å². The Kier molecular flexibility index (Phi) is 6.01. The van der Waals surface area contributed by atoms with Gasteiger partial charge in [0.15, 0.2) is 0 Å². The SMILES string of the molecule is CCC1CCCCN1C(=O)C(C)NC(C)c1ccccc1C. The van der Waals surface area contributed by atoms with Crippen LogP contribution in [-0.2, 0) is 4.79 Å². The van der Waals surface area contributed by atoms with E-state index < -0.39 is 0 Å². The van der Waals surface area contributed by atoms with Gasteiger partial charge >= 0.3 is 0 Å². The predicted octanol–water partition coefficient (Wildman–Crippen LogP) is 3.83. The van der Waals surface area contributed by atoms with Crippen molar-refractivity contribution in [2.24, 2.45) is 0 Å². The summed E-state index contributed by atoms with van der Waals surface area (Å²) in [6.45, 7) is 9.36. The highest BCUT2D eigenvalue weighted by atomic mass is 16.2. The number of carbonyl (C=O) groups excluding carboxylic acids is 1. The Hall–Kier alpha value is -1.35. The van der Waals surface area contributed by atoms with Crippen molar-refractivity contribution in [3.05, 3.63) is 35.4 Å². The summed E-state index contributed by atoms with van der Waals surface area (Å²) >= 11 is 0. The van der Waals surface area contributed by atoms with E-state index in [1.807, 2.05) is 6.92 Å². The van der Waals surface area contributed by atoms with Gasteiger partial charge in [-0.3, -0.25) is 10.1 Å². The fourth-order valence-electron chi connectivity index (χ4n) is 3.57. The number of aryl methyl sites for hydroxylation is 1. The molecule has 0 radical (unpaired) electrons. The zero-order valence-electron chi connectivity index (χ0n) is 14.4. The lowest BCUT2D eigenvalue weighted by Crippen LogP contribution is -2.51. The summed E-state index contributed by atoms with van der Waals surface area (Å²) in [7, 11) is 0. The Morgan fingerprint density at radius 2 is 2.05 bits per heavy atom. The van der Waals surface area contributed by atoms with E-state index in [0.29, 0.717) is 6.04 Å². The lowest BCUT2D eigenvalue weighted by molar-refractivity contribution is -0.137. The highest BCUT2D eigenvalue weighted by Crippen LogP contribution is 2.22. The van der Waals surface area contributed by atoms with Crippen LogP contribution in [0.25, 0.3) is 0 Å². The Balaban J connectivity index is 2.00. The lowest BCUT2D eigenvalue weighted by atomic mass is 9.98. The average Bonchev–Trinajstić information content (AvgIpc) is 2.54. The van der Waals surface area contributed by atoms with E-state index >= 15 is 0 Å². The van der Waals surface area contributed by atoms with Crippen molar-refractivity contribution < 1.29 is 4.79 Å². The standard InChI is InChI=1S/C19H30N2O/c1-5-17-11-8-9-13-21(17)19(22)16(4)20-15(3)18-12-7-6-10-14(18)2/h6-7,10,12,15-17,20H,5,8-9,11,13H2,1-4H3. The minimum absolute atomic E-state index is 0.137. The molecule has 0 spiro atoms. The summed E-state index contributed by atoms with van der Waals surface area (Å²) in [6.07, 6.45) is 4.61. The third-order valence-corrected chi connectivity index (χ3v) is 4.91. The van der Waals surface area contributed by atoms with E-state index in [-0.39, 0.29) is 18.0 Å². The van der Waals surface area contributed by atoms with Crippen molar-refractivity contribution in [1.82, 2.24) is 10.2 Å². The third-order valence-electron chi connectivity index (χ3n) is 4.91. The minimum Gasteiger partial charge on any atom is -0.338 e. The van der Waals surface area contributed by atoms with Gasteiger partial charge in [-0.2, -0.15) is 0 Å². The normalized spacial score (nSPS) is 21.5. The number of piperidine rings is 1. The van der Waals surface area contributed by atoms with Crippen LogP contribution >= 0.6 is 0 Å². The third kappa shape index (κ3) is 3.89. The van der Waals surface area contributed by atoms with Gasteiger partial charge in [0.1, 0.15) is 0 Å². The van der Waals surface area contributed by atoms with Gasteiger partial charge in [-0.15, -0.1) is 0 Å². The van der Waals surface area contributed by atoms with Gasteiger partial charge in [0.2, 0.25) is 5.91 Å². The summed E-state index contributed by atoms with van der Waals surface area (Å²) in [5.74, 6) is 0.256. The highest BCUT2D eigenvalue weighted by molar-refractivity contribution is 5.82. The molecular weight excluding hydrogens is 272 g/mol. The number of nitrogens with zero attached hydrogens (tertiary/aromatic N) is 1. The van der Waals surface area contributed by atoms with Gasteiger partial charge in [-0.25, -0.2) is 0 Å². The van der Waals surface area contributed by atoms with Crippen LogP contribution < -0.4 is 5.32 Å². The average molecular weight is 302 g/mol. The molecule has 1 aromatic rings. The summed E-state index contributed by atoms with van der Waals surface area (Å²) in [4.78, 5) is 14.9. The summed E-state index contributed by atoms with van der Waals surface area (Å²) in [5, 5.41) is 3.49. The zero-order valence-corrected chi connectivity index (χ0v) is 14.4. The first-order chi connectivity index (χ1) is 10.5. The van der Waals surface area contributed by atoms with Crippen molar-refractivity contribution in [3.8, 4) is 0 Å². The second-order valence-electron chi connectivity index (χ2n) is 6.56. The molecule has 1 saturated heterocycles. The number of benzene rings is 1. The van der Waals surface area contributed by atoms with Crippen molar-refractivity contribution >= 4 is 5.91 Å². The maximum absolute atomic E-state index is 12.8.